The quantitative estimate of drug-likeness (QED) is 0.307. The highest BCUT2D eigenvalue weighted by molar-refractivity contribution is 6.30. The van der Waals surface area contributed by atoms with Gasteiger partial charge < -0.3 is 15.1 Å². The minimum atomic E-state index is -0.579. The molecule has 0 radical (unpaired) electrons. The lowest BCUT2D eigenvalue weighted by Gasteiger charge is -2.12. The summed E-state index contributed by atoms with van der Waals surface area (Å²) in [5.74, 6) is 0.00308. The number of aromatic nitrogens is 6. The van der Waals surface area contributed by atoms with Crippen molar-refractivity contribution in [2.24, 2.45) is 0 Å². The SMILES string of the molecule is O=C(C=Cc1cc(Cl)ccc1-n1cnnn1)N[C@H]1CC=CCCC(=O)Nc2ccccc2-c2nnc1o2. The molecule has 11 nitrogen and oxygen atoms in total. The van der Waals surface area contributed by atoms with Crippen LogP contribution in [0.1, 0.15) is 36.8 Å². The molecule has 37 heavy (non-hydrogen) atoms. The van der Waals surface area contributed by atoms with E-state index in [0.717, 1.165) is 0 Å². The highest BCUT2D eigenvalue weighted by atomic mass is 35.5. The van der Waals surface area contributed by atoms with Crippen molar-refractivity contribution in [2.75, 3.05) is 5.32 Å². The summed E-state index contributed by atoms with van der Waals surface area (Å²) in [5, 5.41) is 25.8. The Labute approximate surface area is 216 Å². The standard InChI is InChI=1S/C25H21ClN8O3/c26-17-11-12-21(34-15-27-32-33-34)16(14-17)10-13-23(36)29-20-8-2-1-3-9-22(35)28-19-7-5-4-6-18(19)24-30-31-25(20)37-24/h1-2,4-7,10-15,20H,3,8-9H2,(H,28,35)(H,29,36)/t20-/m0/s1. The van der Waals surface area contributed by atoms with E-state index in [1.807, 2.05) is 24.3 Å². The maximum Gasteiger partial charge on any atom is 0.249 e. The lowest BCUT2D eigenvalue weighted by Crippen LogP contribution is -2.26. The predicted molar refractivity (Wildman–Crippen MR) is 135 cm³/mol. The summed E-state index contributed by atoms with van der Waals surface area (Å²) in [6, 6.07) is 11.8. The topological polar surface area (TPSA) is 141 Å². The van der Waals surface area contributed by atoms with E-state index in [9.17, 15) is 9.59 Å². The van der Waals surface area contributed by atoms with Gasteiger partial charge in [-0.1, -0.05) is 35.9 Å². The molecule has 12 heteroatoms. The molecule has 2 aromatic carbocycles. The van der Waals surface area contributed by atoms with Gasteiger partial charge in [0.2, 0.25) is 23.6 Å². The van der Waals surface area contributed by atoms with E-state index in [1.54, 1.807) is 36.4 Å². The van der Waals surface area contributed by atoms with Gasteiger partial charge in [0.25, 0.3) is 0 Å². The zero-order valence-corrected chi connectivity index (χ0v) is 20.2. The second kappa shape index (κ2) is 11.0. The summed E-state index contributed by atoms with van der Waals surface area (Å²) < 4.78 is 7.41. The second-order valence-electron chi connectivity index (χ2n) is 8.14. The average Bonchev–Trinajstić information content (AvgIpc) is 3.60. The van der Waals surface area contributed by atoms with Crippen LogP contribution in [0, 0.1) is 0 Å². The van der Waals surface area contributed by atoms with Crippen LogP contribution in [0.25, 0.3) is 23.2 Å². The molecule has 0 saturated carbocycles. The Morgan fingerprint density at radius 1 is 1.19 bits per heavy atom. The number of hydrogen-bond donors (Lipinski definition) is 2. The predicted octanol–water partition coefficient (Wildman–Crippen LogP) is 3.92. The number of anilines is 1. The molecule has 1 aliphatic rings. The number of carbonyl (C=O) groups is 2. The Balaban J connectivity index is 1.39. The van der Waals surface area contributed by atoms with Gasteiger partial charge in [-0.2, -0.15) is 4.68 Å². The van der Waals surface area contributed by atoms with E-state index in [4.69, 9.17) is 16.0 Å². The molecule has 4 aromatic rings. The number of hydrogen-bond acceptors (Lipinski definition) is 8. The molecular weight excluding hydrogens is 496 g/mol. The van der Waals surface area contributed by atoms with E-state index in [1.165, 1.54) is 17.1 Å². The van der Waals surface area contributed by atoms with Crippen LogP contribution in [-0.4, -0.2) is 42.2 Å². The minimum absolute atomic E-state index is 0.117. The fourth-order valence-electron chi connectivity index (χ4n) is 3.79. The molecule has 0 unspecified atom stereocenters. The van der Waals surface area contributed by atoms with Crippen molar-refractivity contribution in [3.05, 3.63) is 83.5 Å². The number of para-hydroxylation sites is 1. The second-order valence-corrected chi connectivity index (χ2v) is 8.57. The number of allylic oxidation sites excluding steroid dienone is 1. The molecule has 1 aliphatic heterocycles. The summed E-state index contributed by atoms with van der Waals surface area (Å²) in [6.45, 7) is 0. The van der Waals surface area contributed by atoms with Crippen LogP contribution in [0.15, 0.2) is 71.4 Å². The first kappa shape index (κ1) is 24.1. The lowest BCUT2D eigenvalue weighted by atomic mass is 10.1. The van der Waals surface area contributed by atoms with E-state index in [-0.39, 0.29) is 23.6 Å². The van der Waals surface area contributed by atoms with Crippen molar-refractivity contribution in [3.8, 4) is 17.1 Å². The van der Waals surface area contributed by atoms with Crippen molar-refractivity contribution < 1.29 is 14.0 Å². The molecule has 5 rings (SSSR count). The number of benzene rings is 2. The monoisotopic (exact) mass is 516 g/mol. The Kier molecular flexibility index (Phi) is 7.13. The molecule has 2 amide bonds. The number of amides is 2. The van der Waals surface area contributed by atoms with Gasteiger partial charge in [-0.05, 0) is 59.7 Å². The van der Waals surface area contributed by atoms with Crippen molar-refractivity contribution >= 4 is 35.2 Å². The number of nitrogens with one attached hydrogen (secondary N) is 2. The van der Waals surface area contributed by atoms with Crippen LogP contribution in [0.2, 0.25) is 5.02 Å². The number of carbonyl (C=O) groups excluding carboxylic acids is 2. The van der Waals surface area contributed by atoms with E-state index in [2.05, 4.69) is 36.4 Å². The van der Waals surface area contributed by atoms with Gasteiger partial charge >= 0.3 is 0 Å². The zero-order valence-electron chi connectivity index (χ0n) is 19.4. The third-order valence-electron chi connectivity index (χ3n) is 5.56. The van der Waals surface area contributed by atoms with Crippen LogP contribution in [-0.2, 0) is 9.59 Å². The summed E-state index contributed by atoms with van der Waals surface area (Å²) >= 11 is 6.16. The first-order valence-corrected chi connectivity index (χ1v) is 11.8. The third-order valence-corrected chi connectivity index (χ3v) is 5.80. The molecule has 2 bridgehead atoms. The lowest BCUT2D eigenvalue weighted by molar-refractivity contribution is -0.117. The number of halogens is 1. The van der Waals surface area contributed by atoms with Crippen molar-refractivity contribution in [2.45, 2.75) is 25.3 Å². The molecule has 0 spiro atoms. The van der Waals surface area contributed by atoms with Crippen LogP contribution in [0.4, 0.5) is 5.69 Å². The number of nitrogens with zero attached hydrogens (tertiary/aromatic N) is 6. The maximum absolute atomic E-state index is 12.9. The van der Waals surface area contributed by atoms with Gasteiger partial charge in [-0.25, -0.2) is 0 Å². The normalized spacial score (nSPS) is 15.8. The third kappa shape index (κ3) is 5.78. The van der Waals surface area contributed by atoms with E-state index >= 15 is 0 Å². The first-order chi connectivity index (χ1) is 18.1. The molecule has 1 atom stereocenters. The zero-order chi connectivity index (χ0) is 25.6. The fraction of sp³-hybridized carbons (Fsp3) is 0.160. The summed E-state index contributed by atoms with van der Waals surface area (Å²) in [5.41, 5.74) is 2.49. The maximum atomic E-state index is 12.9. The number of rotatable bonds is 4. The van der Waals surface area contributed by atoms with Crippen LogP contribution < -0.4 is 10.6 Å². The Morgan fingerprint density at radius 3 is 2.95 bits per heavy atom. The Morgan fingerprint density at radius 2 is 2.08 bits per heavy atom. The van der Waals surface area contributed by atoms with Crippen molar-refractivity contribution in [1.82, 2.24) is 35.7 Å². The molecule has 2 N–H and O–H groups in total. The van der Waals surface area contributed by atoms with Crippen molar-refractivity contribution in [3.63, 3.8) is 0 Å². The molecule has 2 aromatic heterocycles. The summed E-state index contributed by atoms with van der Waals surface area (Å²) in [6.07, 6.45) is 9.51. The highest BCUT2D eigenvalue weighted by Crippen LogP contribution is 2.29. The largest absolute Gasteiger partial charge is 0.418 e. The molecule has 3 heterocycles. The Hall–Kier alpha value is -4.64. The fourth-order valence-corrected chi connectivity index (χ4v) is 3.97. The molecule has 0 saturated heterocycles. The van der Waals surface area contributed by atoms with E-state index < -0.39 is 6.04 Å². The molecular formula is C25H21ClN8O3. The first-order valence-electron chi connectivity index (χ1n) is 11.5. The minimum Gasteiger partial charge on any atom is -0.418 e. The molecule has 0 aliphatic carbocycles. The van der Waals surface area contributed by atoms with Gasteiger partial charge in [0.1, 0.15) is 12.4 Å². The number of fused-ring (bicyclic) bond motifs is 4. The smallest absolute Gasteiger partial charge is 0.249 e. The number of tetrazole rings is 1. The van der Waals surface area contributed by atoms with Gasteiger partial charge in [0.05, 0.1) is 16.9 Å². The van der Waals surface area contributed by atoms with Gasteiger partial charge in [0, 0.05) is 23.1 Å². The van der Waals surface area contributed by atoms with Crippen molar-refractivity contribution in [1.29, 1.82) is 0 Å². The van der Waals surface area contributed by atoms with Crippen LogP contribution >= 0.6 is 11.6 Å². The van der Waals surface area contributed by atoms with Gasteiger partial charge in [-0.3, -0.25) is 9.59 Å². The van der Waals surface area contributed by atoms with Gasteiger partial charge in [0.15, 0.2) is 0 Å². The molecule has 186 valence electrons. The molecule has 0 fully saturated rings. The summed E-state index contributed by atoms with van der Waals surface area (Å²) in [4.78, 5) is 25.2. The Bertz CT molecular complexity index is 1480. The average molecular weight is 517 g/mol. The van der Waals surface area contributed by atoms with Gasteiger partial charge in [-0.15, -0.1) is 15.3 Å². The van der Waals surface area contributed by atoms with Crippen LogP contribution in [0.3, 0.4) is 0 Å². The van der Waals surface area contributed by atoms with Crippen LogP contribution in [0.5, 0.6) is 0 Å². The van der Waals surface area contributed by atoms with E-state index in [0.29, 0.717) is 46.8 Å². The summed E-state index contributed by atoms with van der Waals surface area (Å²) in [7, 11) is 0. The highest BCUT2D eigenvalue weighted by Gasteiger charge is 2.22.